The molecule has 0 aliphatic heterocycles. The van der Waals surface area contributed by atoms with Crippen LogP contribution in [0.2, 0.25) is 0 Å². The van der Waals surface area contributed by atoms with Gasteiger partial charge in [-0.1, -0.05) is 26.0 Å². The van der Waals surface area contributed by atoms with Crippen molar-refractivity contribution in [3.05, 3.63) is 29.8 Å². The highest BCUT2D eigenvalue weighted by atomic mass is 16.5. The van der Waals surface area contributed by atoms with Crippen LogP contribution in [0.1, 0.15) is 40.2 Å². The quantitative estimate of drug-likeness (QED) is 0.799. The minimum Gasteiger partial charge on any atom is -0.491 e. The first-order chi connectivity index (χ1) is 9.83. The SMILES string of the molecule is CCN(CC)C(C)(Cc1cccc(OC(C)C)c1)C(=O)O. The predicted molar refractivity (Wildman–Crippen MR) is 84.9 cm³/mol. The lowest BCUT2D eigenvalue weighted by Crippen LogP contribution is -2.53. The molecule has 1 unspecified atom stereocenters. The van der Waals surface area contributed by atoms with Gasteiger partial charge in [0, 0.05) is 6.42 Å². The normalized spacial score (nSPS) is 14.2. The fraction of sp³-hybridized carbons (Fsp3) is 0.588. The van der Waals surface area contributed by atoms with E-state index >= 15 is 0 Å². The molecular formula is C17H27NO3. The Bertz CT molecular complexity index is 469. The van der Waals surface area contributed by atoms with Crippen LogP contribution in [0.5, 0.6) is 5.75 Å². The van der Waals surface area contributed by atoms with Crippen LogP contribution >= 0.6 is 0 Å². The lowest BCUT2D eigenvalue weighted by molar-refractivity contribution is -0.150. The molecule has 118 valence electrons. The van der Waals surface area contributed by atoms with Gasteiger partial charge in [-0.05, 0) is 51.6 Å². The number of rotatable bonds is 8. The van der Waals surface area contributed by atoms with Gasteiger partial charge in [0.05, 0.1) is 6.10 Å². The summed E-state index contributed by atoms with van der Waals surface area (Å²) in [7, 11) is 0. The van der Waals surface area contributed by atoms with Gasteiger partial charge in [0.2, 0.25) is 0 Å². The molecule has 4 heteroatoms. The summed E-state index contributed by atoms with van der Waals surface area (Å²) in [6.45, 7) is 11.1. The Kier molecular flexibility index (Phi) is 6.21. The molecule has 0 fully saturated rings. The monoisotopic (exact) mass is 293 g/mol. The number of aliphatic carboxylic acids is 1. The van der Waals surface area contributed by atoms with E-state index in [4.69, 9.17) is 4.74 Å². The van der Waals surface area contributed by atoms with Crippen molar-refractivity contribution in [1.82, 2.24) is 4.90 Å². The molecule has 1 rings (SSSR count). The van der Waals surface area contributed by atoms with Crippen LogP contribution in [-0.4, -0.2) is 40.7 Å². The third kappa shape index (κ3) is 4.46. The number of likely N-dealkylation sites (N-methyl/N-ethyl adjacent to an activating group) is 1. The first-order valence-electron chi connectivity index (χ1n) is 7.57. The van der Waals surface area contributed by atoms with Crippen molar-refractivity contribution in [2.75, 3.05) is 13.1 Å². The Morgan fingerprint density at radius 1 is 1.33 bits per heavy atom. The second-order valence-electron chi connectivity index (χ2n) is 5.74. The molecule has 0 heterocycles. The zero-order valence-electron chi connectivity index (χ0n) is 13.7. The van der Waals surface area contributed by atoms with Crippen LogP contribution in [0.4, 0.5) is 0 Å². The van der Waals surface area contributed by atoms with E-state index in [0.29, 0.717) is 19.5 Å². The Hall–Kier alpha value is -1.55. The highest BCUT2D eigenvalue weighted by Gasteiger charge is 2.38. The molecule has 0 saturated carbocycles. The highest BCUT2D eigenvalue weighted by Crippen LogP contribution is 2.24. The van der Waals surface area contributed by atoms with Crippen molar-refractivity contribution in [3.63, 3.8) is 0 Å². The van der Waals surface area contributed by atoms with Gasteiger partial charge in [0.25, 0.3) is 0 Å². The topological polar surface area (TPSA) is 49.8 Å². The molecule has 4 nitrogen and oxygen atoms in total. The average Bonchev–Trinajstić information content (AvgIpc) is 2.39. The molecule has 1 aromatic carbocycles. The molecule has 1 atom stereocenters. The van der Waals surface area contributed by atoms with Crippen LogP contribution in [0.15, 0.2) is 24.3 Å². The molecule has 0 amide bonds. The molecule has 0 saturated heterocycles. The maximum atomic E-state index is 11.8. The number of ether oxygens (including phenoxy) is 1. The van der Waals surface area contributed by atoms with E-state index in [2.05, 4.69) is 0 Å². The highest BCUT2D eigenvalue weighted by molar-refractivity contribution is 5.78. The molecule has 0 aliphatic rings. The molecule has 1 N–H and O–H groups in total. The van der Waals surface area contributed by atoms with Crippen molar-refractivity contribution in [1.29, 1.82) is 0 Å². The zero-order chi connectivity index (χ0) is 16.0. The van der Waals surface area contributed by atoms with Crippen LogP contribution in [0.25, 0.3) is 0 Å². The van der Waals surface area contributed by atoms with Gasteiger partial charge >= 0.3 is 5.97 Å². The summed E-state index contributed by atoms with van der Waals surface area (Å²) in [6.07, 6.45) is 0.563. The fourth-order valence-electron chi connectivity index (χ4n) is 2.64. The third-order valence-electron chi connectivity index (χ3n) is 3.74. The Balaban J connectivity index is 3.02. The number of hydrogen-bond donors (Lipinski definition) is 1. The molecular weight excluding hydrogens is 266 g/mol. The van der Waals surface area contributed by atoms with Gasteiger partial charge in [0.1, 0.15) is 11.3 Å². The second-order valence-corrected chi connectivity index (χ2v) is 5.74. The first kappa shape index (κ1) is 17.5. The zero-order valence-corrected chi connectivity index (χ0v) is 13.7. The van der Waals surface area contributed by atoms with Crippen molar-refractivity contribution < 1.29 is 14.6 Å². The van der Waals surface area contributed by atoms with E-state index in [1.54, 1.807) is 6.92 Å². The lowest BCUT2D eigenvalue weighted by Gasteiger charge is -2.36. The summed E-state index contributed by atoms with van der Waals surface area (Å²) in [5, 5.41) is 9.67. The molecule has 0 radical (unpaired) electrons. The van der Waals surface area contributed by atoms with Crippen molar-refractivity contribution in [2.45, 2.75) is 52.7 Å². The Labute approximate surface area is 127 Å². The van der Waals surface area contributed by atoms with Crippen molar-refractivity contribution in [2.24, 2.45) is 0 Å². The van der Waals surface area contributed by atoms with Gasteiger partial charge < -0.3 is 9.84 Å². The predicted octanol–water partition coefficient (Wildman–Crippen LogP) is 3.20. The molecule has 0 spiro atoms. The van der Waals surface area contributed by atoms with Gasteiger partial charge in [-0.25, -0.2) is 0 Å². The third-order valence-corrected chi connectivity index (χ3v) is 3.74. The van der Waals surface area contributed by atoms with E-state index < -0.39 is 11.5 Å². The Morgan fingerprint density at radius 2 is 1.95 bits per heavy atom. The first-order valence-corrected chi connectivity index (χ1v) is 7.57. The summed E-state index contributed by atoms with van der Waals surface area (Å²) < 4.78 is 5.68. The van der Waals surface area contributed by atoms with Gasteiger partial charge in [-0.2, -0.15) is 0 Å². The summed E-state index contributed by atoms with van der Waals surface area (Å²) in [4.78, 5) is 13.8. The fourth-order valence-corrected chi connectivity index (χ4v) is 2.64. The standard InChI is InChI=1S/C17H27NO3/c1-6-18(7-2)17(5,16(19)20)12-14-9-8-10-15(11-14)21-13(3)4/h8-11,13H,6-7,12H2,1-5H3,(H,19,20). The number of nitrogens with zero attached hydrogens (tertiary/aromatic N) is 1. The van der Waals surface area contributed by atoms with Gasteiger partial charge in [0.15, 0.2) is 0 Å². The molecule has 21 heavy (non-hydrogen) atoms. The van der Waals surface area contributed by atoms with E-state index in [9.17, 15) is 9.90 Å². The van der Waals surface area contributed by atoms with Crippen LogP contribution in [0, 0.1) is 0 Å². The smallest absolute Gasteiger partial charge is 0.324 e. The minimum absolute atomic E-state index is 0.105. The Morgan fingerprint density at radius 3 is 2.43 bits per heavy atom. The van der Waals surface area contributed by atoms with Gasteiger partial charge in [-0.15, -0.1) is 0 Å². The number of carbonyl (C=O) groups is 1. The van der Waals surface area contributed by atoms with Gasteiger partial charge in [-0.3, -0.25) is 9.69 Å². The summed E-state index contributed by atoms with van der Waals surface area (Å²) in [6, 6.07) is 7.71. The number of carboxylic acid groups (broad SMARTS) is 1. The molecule has 0 bridgehead atoms. The molecule has 0 aliphatic carbocycles. The van der Waals surface area contributed by atoms with E-state index in [1.165, 1.54) is 0 Å². The summed E-state index contributed by atoms with van der Waals surface area (Å²) >= 11 is 0. The van der Waals surface area contributed by atoms with Crippen molar-refractivity contribution in [3.8, 4) is 5.75 Å². The minimum atomic E-state index is -0.903. The number of hydrogen-bond acceptors (Lipinski definition) is 3. The van der Waals surface area contributed by atoms with E-state index in [-0.39, 0.29) is 6.10 Å². The molecule has 1 aromatic rings. The van der Waals surface area contributed by atoms with Crippen LogP contribution in [-0.2, 0) is 11.2 Å². The molecule has 0 aromatic heterocycles. The van der Waals surface area contributed by atoms with Crippen LogP contribution in [0.3, 0.4) is 0 Å². The summed E-state index contributed by atoms with van der Waals surface area (Å²) in [5.41, 5.74) is 0.0740. The summed E-state index contributed by atoms with van der Waals surface area (Å²) in [5.74, 6) is -0.00355. The second kappa shape index (κ2) is 7.46. The average molecular weight is 293 g/mol. The maximum absolute atomic E-state index is 11.8. The lowest BCUT2D eigenvalue weighted by atomic mass is 9.90. The number of carboxylic acids is 1. The largest absolute Gasteiger partial charge is 0.491 e. The maximum Gasteiger partial charge on any atom is 0.324 e. The number of benzene rings is 1. The van der Waals surface area contributed by atoms with E-state index in [1.807, 2.05) is 56.9 Å². The van der Waals surface area contributed by atoms with Crippen LogP contribution < -0.4 is 4.74 Å². The van der Waals surface area contributed by atoms with Crippen molar-refractivity contribution >= 4 is 5.97 Å². The van der Waals surface area contributed by atoms with E-state index in [0.717, 1.165) is 11.3 Å².